The number of benzene rings is 2. The zero-order chi connectivity index (χ0) is 27.3. The fourth-order valence-corrected chi connectivity index (χ4v) is 6.58. The molecule has 0 unspecified atom stereocenters. The Hall–Kier alpha value is -2.30. The number of aromatic nitrogens is 2. The van der Waals surface area contributed by atoms with Crippen molar-refractivity contribution in [3.63, 3.8) is 0 Å². The molecule has 1 heterocycles. The third-order valence-corrected chi connectivity index (χ3v) is 10.5. The van der Waals surface area contributed by atoms with Crippen molar-refractivity contribution in [2.75, 3.05) is 0 Å². The van der Waals surface area contributed by atoms with Crippen molar-refractivity contribution in [2.24, 2.45) is 5.41 Å². The first-order chi connectivity index (χ1) is 17.9. The van der Waals surface area contributed by atoms with E-state index in [9.17, 15) is 22.3 Å². The number of halogens is 4. The fraction of sp³-hybridized carbons (Fsp3) is 0.370. The van der Waals surface area contributed by atoms with Gasteiger partial charge in [-0.25, -0.2) is 26.6 Å². The Morgan fingerprint density at radius 1 is 1.18 bits per heavy atom. The van der Waals surface area contributed by atoms with E-state index in [1.807, 2.05) is 6.92 Å². The number of sulfonamides is 1. The fourth-order valence-electron chi connectivity index (χ4n) is 5.73. The van der Waals surface area contributed by atoms with Gasteiger partial charge in [0.2, 0.25) is 14.2 Å². The lowest BCUT2D eigenvalue weighted by Gasteiger charge is -2.42. The minimum absolute atomic E-state index is 0.194. The average molecular weight is 583 g/mol. The molecule has 0 aliphatic heterocycles. The van der Waals surface area contributed by atoms with E-state index >= 15 is 0 Å². The summed E-state index contributed by atoms with van der Waals surface area (Å²) in [6.07, 6.45) is 6.39. The number of alkyl halides is 2. The molecule has 2 aromatic carbocycles. The zero-order valence-electron chi connectivity index (χ0n) is 20.6. The molecule has 2 atom stereocenters. The van der Waals surface area contributed by atoms with Crippen LogP contribution in [-0.2, 0) is 29.4 Å². The third kappa shape index (κ3) is 4.79. The highest BCUT2D eigenvalue weighted by atomic mass is 35.5. The Morgan fingerprint density at radius 3 is 2.63 bits per heavy atom. The monoisotopic (exact) mass is 581 g/mol. The number of aryl methyl sites for hydroxylation is 1. The lowest BCUT2D eigenvalue weighted by atomic mass is 9.65. The number of hydrogen-bond acceptors (Lipinski definition) is 4. The van der Waals surface area contributed by atoms with Crippen LogP contribution in [0.1, 0.15) is 48.6 Å². The highest BCUT2D eigenvalue weighted by molar-refractivity contribution is 7.92. The highest BCUT2D eigenvalue weighted by Crippen LogP contribution is 2.56. The molecule has 5 rings (SSSR count). The first-order valence-corrected chi connectivity index (χ1v) is 14.6. The number of rotatable bonds is 8. The summed E-state index contributed by atoms with van der Waals surface area (Å²) in [5.41, 5.74) is 2.96. The van der Waals surface area contributed by atoms with E-state index in [-0.39, 0.29) is 17.9 Å². The lowest BCUT2D eigenvalue weighted by molar-refractivity contribution is -0.0462. The van der Waals surface area contributed by atoms with Crippen LogP contribution in [0.2, 0.25) is 0 Å². The number of aliphatic hydroxyl groups is 1. The Balaban J connectivity index is 1.37. The standard InChI is InChI=1S/C27H27Cl2F2N3O3S/c1-26-14-18-15-32-34(21-7-5-20(30)6-8-21)24(18)13-19(26)10-12-27(26,35)11-9-17-3-2-4-23(31)22(17)16-33-38(36,37)25(28)29/h2-8,13,15,25,33,35H,9-12,14,16H2,1H3/t26-,27-/m0/s1. The van der Waals surface area contributed by atoms with Gasteiger partial charge in [0.15, 0.2) is 0 Å². The molecule has 1 aromatic heterocycles. The van der Waals surface area contributed by atoms with Crippen LogP contribution in [0, 0.1) is 17.0 Å². The summed E-state index contributed by atoms with van der Waals surface area (Å²) in [5, 5.41) is 16.5. The first-order valence-electron chi connectivity index (χ1n) is 12.2. The van der Waals surface area contributed by atoms with Crippen molar-refractivity contribution in [2.45, 2.75) is 55.3 Å². The summed E-state index contributed by atoms with van der Waals surface area (Å²) in [6.45, 7) is 1.75. The minimum atomic E-state index is -4.02. The predicted molar refractivity (Wildman–Crippen MR) is 143 cm³/mol. The highest BCUT2D eigenvalue weighted by Gasteiger charge is 2.54. The number of fused-ring (bicyclic) bond motifs is 2. The van der Waals surface area contributed by atoms with Crippen molar-refractivity contribution in [1.82, 2.24) is 14.5 Å². The van der Waals surface area contributed by atoms with E-state index in [0.29, 0.717) is 37.7 Å². The molecule has 0 spiro atoms. The van der Waals surface area contributed by atoms with Gasteiger partial charge in [0.1, 0.15) is 11.6 Å². The molecule has 2 aliphatic rings. The minimum Gasteiger partial charge on any atom is -0.389 e. The van der Waals surface area contributed by atoms with Crippen LogP contribution in [0.15, 0.2) is 54.2 Å². The Bertz CT molecular complexity index is 1510. The van der Waals surface area contributed by atoms with Gasteiger partial charge in [0.05, 0.1) is 23.2 Å². The van der Waals surface area contributed by atoms with E-state index in [1.54, 1.807) is 35.1 Å². The molecule has 0 saturated heterocycles. The molecule has 3 aromatic rings. The summed E-state index contributed by atoms with van der Waals surface area (Å²) in [4.78, 5) is 0. The normalized spacial score (nSPS) is 22.9. The maximum Gasteiger partial charge on any atom is 0.243 e. The summed E-state index contributed by atoms with van der Waals surface area (Å²) in [7, 11) is -4.02. The van der Waals surface area contributed by atoms with Crippen LogP contribution in [0.3, 0.4) is 0 Å². The second-order valence-electron chi connectivity index (χ2n) is 10.2. The van der Waals surface area contributed by atoms with Gasteiger partial charge in [-0.3, -0.25) is 0 Å². The van der Waals surface area contributed by atoms with Crippen LogP contribution in [0.25, 0.3) is 11.8 Å². The van der Waals surface area contributed by atoms with Gasteiger partial charge in [-0.05, 0) is 79.6 Å². The Labute approximate surface area is 230 Å². The second-order valence-corrected chi connectivity index (χ2v) is 13.6. The molecule has 2 aliphatic carbocycles. The lowest BCUT2D eigenvalue weighted by Crippen LogP contribution is -2.45. The van der Waals surface area contributed by atoms with Crippen molar-refractivity contribution in [3.8, 4) is 5.69 Å². The zero-order valence-corrected chi connectivity index (χ0v) is 22.9. The summed E-state index contributed by atoms with van der Waals surface area (Å²) >= 11 is 11.0. The summed E-state index contributed by atoms with van der Waals surface area (Å²) in [6, 6.07) is 10.7. The number of nitrogens with one attached hydrogen (secondary N) is 1. The van der Waals surface area contributed by atoms with Crippen molar-refractivity contribution in [3.05, 3.63) is 88.3 Å². The number of hydrogen-bond donors (Lipinski definition) is 2. The summed E-state index contributed by atoms with van der Waals surface area (Å²) < 4.78 is 54.4. The van der Waals surface area contributed by atoms with Crippen LogP contribution in [0.5, 0.6) is 0 Å². The molecule has 1 saturated carbocycles. The molecular weight excluding hydrogens is 555 g/mol. The third-order valence-electron chi connectivity index (χ3n) is 8.06. The quantitative estimate of drug-likeness (QED) is 0.347. The van der Waals surface area contributed by atoms with Gasteiger partial charge in [0, 0.05) is 17.5 Å². The topological polar surface area (TPSA) is 84.2 Å². The van der Waals surface area contributed by atoms with E-state index in [1.165, 1.54) is 18.2 Å². The van der Waals surface area contributed by atoms with Gasteiger partial charge < -0.3 is 5.11 Å². The van der Waals surface area contributed by atoms with Gasteiger partial charge >= 0.3 is 0 Å². The maximum absolute atomic E-state index is 14.7. The van der Waals surface area contributed by atoms with E-state index in [0.717, 1.165) is 22.5 Å². The molecule has 0 bridgehead atoms. The van der Waals surface area contributed by atoms with Crippen molar-refractivity contribution < 1.29 is 22.3 Å². The molecule has 202 valence electrons. The largest absolute Gasteiger partial charge is 0.389 e. The number of nitrogens with zero attached hydrogens (tertiary/aromatic N) is 2. The van der Waals surface area contributed by atoms with Crippen molar-refractivity contribution in [1.29, 1.82) is 0 Å². The van der Waals surface area contributed by atoms with Crippen LogP contribution < -0.4 is 4.72 Å². The molecule has 1 fully saturated rings. The van der Waals surface area contributed by atoms with Crippen molar-refractivity contribution >= 4 is 39.3 Å². The van der Waals surface area contributed by atoms with E-state index < -0.39 is 31.0 Å². The summed E-state index contributed by atoms with van der Waals surface area (Å²) in [5.74, 6) is -0.866. The molecule has 38 heavy (non-hydrogen) atoms. The van der Waals surface area contributed by atoms with Gasteiger partial charge in [-0.15, -0.1) is 0 Å². The van der Waals surface area contributed by atoms with Gasteiger partial charge in [-0.1, -0.05) is 47.8 Å². The maximum atomic E-state index is 14.7. The Kier molecular flexibility index (Phi) is 7.19. The van der Waals surface area contributed by atoms with E-state index in [4.69, 9.17) is 23.2 Å². The molecule has 0 radical (unpaired) electrons. The molecule has 11 heteroatoms. The van der Waals surface area contributed by atoms with Gasteiger partial charge in [-0.2, -0.15) is 5.10 Å². The molecule has 6 nitrogen and oxygen atoms in total. The average Bonchev–Trinajstić information content (AvgIpc) is 3.38. The first kappa shape index (κ1) is 27.3. The second kappa shape index (κ2) is 10.0. The Morgan fingerprint density at radius 2 is 1.92 bits per heavy atom. The predicted octanol–water partition coefficient (Wildman–Crippen LogP) is 5.43. The molecular formula is C27H27Cl2F2N3O3S. The van der Waals surface area contributed by atoms with Crippen LogP contribution >= 0.6 is 23.2 Å². The van der Waals surface area contributed by atoms with Crippen LogP contribution in [-0.4, -0.2) is 33.1 Å². The molecule has 2 N–H and O–H groups in total. The van der Waals surface area contributed by atoms with E-state index in [2.05, 4.69) is 15.9 Å². The smallest absolute Gasteiger partial charge is 0.243 e. The van der Waals surface area contributed by atoms with Gasteiger partial charge in [0.25, 0.3) is 0 Å². The van der Waals surface area contributed by atoms with Crippen LogP contribution in [0.4, 0.5) is 8.78 Å². The molecule has 0 amide bonds. The SMILES string of the molecule is C[C@]12Cc3cnn(-c4ccc(F)cc4)c3C=C1CC[C@@]2(O)CCc1cccc(F)c1CNS(=O)(=O)C(Cl)Cl.